The van der Waals surface area contributed by atoms with E-state index in [9.17, 15) is 14.4 Å². The molecule has 0 aliphatic rings. The lowest BCUT2D eigenvalue weighted by molar-refractivity contribution is -0.167. The number of hydrogen-bond donors (Lipinski definition) is 0. The van der Waals surface area contributed by atoms with Crippen molar-refractivity contribution in [2.45, 2.75) is 264 Å². The van der Waals surface area contributed by atoms with Crippen molar-refractivity contribution in [2.75, 3.05) is 13.2 Å². The van der Waals surface area contributed by atoms with Crippen LogP contribution in [0.15, 0.2) is 122 Å². The van der Waals surface area contributed by atoms with E-state index in [1.165, 1.54) is 89.9 Å². The Hall–Kier alpha value is -4.19. The van der Waals surface area contributed by atoms with Gasteiger partial charge in [0, 0.05) is 19.3 Å². The molecule has 6 heteroatoms. The van der Waals surface area contributed by atoms with Gasteiger partial charge in [-0.2, -0.15) is 0 Å². The van der Waals surface area contributed by atoms with Crippen molar-refractivity contribution in [1.29, 1.82) is 0 Å². The van der Waals surface area contributed by atoms with Crippen LogP contribution in [0.1, 0.15) is 258 Å². The largest absolute Gasteiger partial charge is 0.462 e. The molecule has 1 atom stereocenters. The number of allylic oxidation sites excluding steroid dienone is 20. The molecular formula is C66H108O6. The van der Waals surface area contributed by atoms with E-state index in [1.807, 2.05) is 0 Å². The normalized spacial score (nSPS) is 13.0. The second-order valence-electron chi connectivity index (χ2n) is 19.2. The molecule has 0 spiro atoms. The lowest BCUT2D eigenvalue weighted by atomic mass is 10.1. The molecule has 0 fully saturated rings. The maximum absolute atomic E-state index is 12.9. The van der Waals surface area contributed by atoms with Crippen molar-refractivity contribution >= 4 is 17.9 Å². The van der Waals surface area contributed by atoms with Gasteiger partial charge < -0.3 is 14.2 Å². The lowest BCUT2D eigenvalue weighted by Gasteiger charge is -2.18. The zero-order valence-corrected chi connectivity index (χ0v) is 46.7. The Morgan fingerprint density at radius 1 is 0.306 bits per heavy atom. The molecule has 1 unspecified atom stereocenters. The molecule has 0 N–H and O–H groups in total. The van der Waals surface area contributed by atoms with Crippen LogP contribution in [-0.2, 0) is 28.6 Å². The molecule has 0 saturated heterocycles. The average molecular weight is 998 g/mol. The Morgan fingerprint density at radius 2 is 0.583 bits per heavy atom. The predicted octanol–water partition coefficient (Wildman–Crippen LogP) is 20.0. The molecule has 0 heterocycles. The molecular weight excluding hydrogens is 889 g/mol. The molecule has 0 aromatic heterocycles. The van der Waals surface area contributed by atoms with Crippen molar-refractivity contribution in [2.24, 2.45) is 0 Å². The van der Waals surface area contributed by atoms with Gasteiger partial charge in [-0.05, 0) is 122 Å². The zero-order chi connectivity index (χ0) is 52.2. The third-order valence-corrected chi connectivity index (χ3v) is 12.2. The molecule has 0 saturated carbocycles. The SMILES string of the molecule is CC/C=C\C/C=C\C/C=C\C/C=C\CCCCCCCCC(=O)OCC(COC(=O)CCCCC/C=C\C/C=C\C/C=C\C/C=C\CC)OC(=O)CCCCCCCCCCCC/C=C\C=C/CCCCC. The standard InChI is InChI=1S/C66H108O6/c1-4-7-10-13-16-19-22-25-28-31-33-35-38-41-44-47-50-53-56-59-65(68)71-62-63(61-70-64(67)58-55-52-49-46-43-40-37-30-27-24-21-18-15-12-9-6-3)72-66(69)60-57-54-51-48-45-42-39-36-34-32-29-26-23-20-17-14-11-8-5-2/h7,9-10,12,16-21,23,25-28,30,33,35,40,43,63H,4-6,8,11,13-15,22,24,29,31-32,34,36-39,41-42,44-62H2,1-3H3/b10-7-,12-9-,19-16-,20-17-,21-18-,26-23-,28-25-,30-27-,35-33-,43-40-. The van der Waals surface area contributed by atoms with Gasteiger partial charge in [0.05, 0.1) is 0 Å². The van der Waals surface area contributed by atoms with Crippen LogP contribution < -0.4 is 0 Å². The number of carbonyl (C=O) groups is 3. The van der Waals surface area contributed by atoms with Gasteiger partial charge in [-0.25, -0.2) is 0 Å². The number of unbranched alkanes of at least 4 members (excludes halogenated alkanes) is 22. The Bertz CT molecular complexity index is 1520. The van der Waals surface area contributed by atoms with Gasteiger partial charge in [0.1, 0.15) is 13.2 Å². The minimum absolute atomic E-state index is 0.0999. The van der Waals surface area contributed by atoms with Crippen LogP contribution in [0.2, 0.25) is 0 Å². The first-order chi connectivity index (χ1) is 35.5. The second kappa shape index (κ2) is 59.4. The summed E-state index contributed by atoms with van der Waals surface area (Å²) in [7, 11) is 0. The first-order valence-electron chi connectivity index (χ1n) is 29.6. The molecule has 0 aliphatic carbocycles. The van der Waals surface area contributed by atoms with Crippen LogP contribution in [0, 0.1) is 0 Å². The number of carbonyl (C=O) groups excluding carboxylic acids is 3. The van der Waals surface area contributed by atoms with Gasteiger partial charge in [0.2, 0.25) is 0 Å². The summed E-state index contributed by atoms with van der Waals surface area (Å²) in [5, 5.41) is 0. The van der Waals surface area contributed by atoms with Gasteiger partial charge in [-0.15, -0.1) is 0 Å². The van der Waals surface area contributed by atoms with E-state index in [-0.39, 0.29) is 31.1 Å². The average Bonchev–Trinajstić information content (AvgIpc) is 3.38. The summed E-state index contributed by atoms with van der Waals surface area (Å²) in [6, 6.07) is 0. The van der Waals surface area contributed by atoms with Crippen molar-refractivity contribution in [3.05, 3.63) is 122 Å². The summed E-state index contributed by atoms with van der Waals surface area (Å²) >= 11 is 0. The smallest absolute Gasteiger partial charge is 0.306 e. The van der Waals surface area contributed by atoms with Crippen LogP contribution in [-0.4, -0.2) is 37.2 Å². The fourth-order valence-corrected chi connectivity index (χ4v) is 7.83. The molecule has 0 aromatic carbocycles. The topological polar surface area (TPSA) is 78.9 Å². The molecule has 0 radical (unpaired) electrons. The van der Waals surface area contributed by atoms with Gasteiger partial charge in [0.15, 0.2) is 6.10 Å². The molecule has 6 nitrogen and oxygen atoms in total. The van der Waals surface area contributed by atoms with Crippen molar-refractivity contribution < 1.29 is 28.6 Å². The monoisotopic (exact) mass is 997 g/mol. The number of rotatable bonds is 52. The van der Waals surface area contributed by atoms with Crippen LogP contribution in [0.3, 0.4) is 0 Å². The van der Waals surface area contributed by atoms with Gasteiger partial charge in [0.25, 0.3) is 0 Å². The number of esters is 3. The van der Waals surface area contributed by atoms with Crippen LogP contribution in [0.25, 0.3) is 0 Å². The molecule has 0 aromatic rings. The van der Waals surface area contributed by atoms with E-state index >= 15 is 0 Å². The summed E-state index contributed by atoms with van der Waals surface area (Å²) in [5.41, 5.74) is 0. The van der Waals surface area contributed by atoms with E-state index in [1.54, 1.807) is 0 Å². The summed E-state index contributed by atoms with van der Waals surface area (Å²) in [6.45, 7) is 6.35. The summed E-state index contributed by atoms with van der Waals surface area (Å²) < 4.78 is 16.9. The van der Waals surface area contributed by atoms with Crippen molar-refractivity contribution in [1.82, 2.24) is 0 Å². The highest BCUT2D eigenvalue weighted by Gasteiger charge is 2.19. The summed E-state index contributed by atoms with van der Waals surface area (Å²) in [6.07, 6.45) is 81.8. The zero-order valence-electron chi connectivity index (χ0n) is 46.7. The van der Waals surface area contributed by atoms with Crippen LogP contribution in [0.4, 0.5) is 0 Å². The quantitative estimate of drug-likeness (QED) is 0.0199. The van der Waals surface area contributed by atoms with Crippen molar-refractivity contribution in [3.8, 4) is 0 Å². The minimum atomic E-state index is -0.804. The highest BCUT2D eigenvalue weighted by Crippen LogP contribution is 2.15. The number of hydrogen-bond acceptors (Lipinski definition) is 6. The first-order valence-corrected chi connectivity index (χ1v) is 29.6. The highest BCUT2D eigenvalue weighted by molar-refractivity contribution is 5.71. The third-order valence-electron chi connectivity index (χ3n) is 12.2. The molecule has 72 heavy (non-hydrogen) atoms. The van der Waals surface area contributed by atoms with E-state index in [0.717, 1.165) is 128 Å². The fraction of sp³-hybridized carbons (Fsp3) is 0.652. The van der Waals surface area contributed by atoms with E-state index in [0.29, 0.717) is 19.3 Å². The molecule has 0 amide bonds. The summed E-state index contributed by atoms with van der Waals surface area (Å²) in [4.78, 5) is 38.2. The maximum Gasteiger partial charge on any atom is 0.306 e. The lowest BCUT2D eigenvalue weighted by Crippen LogP contribution is -2.30. The Labute approximate surface area is 443 Å². The predicted molar refractivity (Wildman–Crippen MR) is 311 cm³/mol. The third kappa shape index (κ3) is 56.7. The number of ether oxygens (including phenoxy) is 3. The van der Waals surface area contributed by atoms with Crippen molar-refractivity contribution in [3.63, 3.8) is 0 Å². The minimum Gasteiger partial charge on any atom is -0.462 e. The molecule has 0 aliphatic heterocycles. The van der Waals surface area contributed by atoms with E-state index in [4.69, 9.17) is 14.2 Å². The van der Waals surface area contributed by atoms with Gasteiger partial charge in [-0.3, -0.25) is 14.4 Å². The molecule has 0 rings (SSSR count). The van der Waals surface area contributed by atoms with E-state index < -0.39 is 6.10 Å². The second-order valence-corrected chi connectivity index (χ2v) is 19.2. The highest BCUT2D eigenvalue weighted by atomic mass is 16.6. The van der Waals surface area contributed by atoms with Gasteiger partial charge >= 0.3 is 17.9 Å². The van der Waals surface area contributed by atoms with Crippen LogP contribution >= 0.6 is 0 Å². The van der Waals surface area contributed by atoms with Gasteiger partial charge in [-0.1, -0.05) is 239 Å². The Balaban J connectivity index is 4.48. The summed E-state index contributed by atoms with van der Waals surface area (Å²) in [5.74, 6) is -0.947. The van der Waals surface area contributed by atoms with Crippen LogP contribution in [0.5, 0.6) is 0 Å². The van der Waals surface area contributed by atoms with E-state index in [2.05, 4.69) is 142 Å². The fourth-order valence-electron chi connectivity index (χ4n) is 7.83. The first kappa shape index (κ1) is 67.8. The Kier molecular flexibility index (Phi) is 55.9. The maximum atomic E-state index is 12.9. The Morgan fingerprint density at radius 3 is 0.944 bits per heavy atom. The molecule has 408 valence electrons. The molecule has 0 bridgehead atoms.